The SMILES string of the molecule is Cc1nc2n(-c3[c-]c(-n4c5[c-]c(-n6c(C)c(C)n7c(C)c(C)nc67)ccc5c5ccccc54)ccc3)c(C)c(C)n2c1C.[Pt+2]. The predicted octanol–water partition coefficient (Wildman–Crippen LogP) is 7.73. The molecule has 0 aliphatic rings. The van der Waals surface area contributed by atoms with E-state index in [2.05, 4.69) is 145 Å². The number of benzene rings is 3. The minimum absolute atomic E-state index is 0. The van der Waals surface area contributed by atoms with E-state index in [4.69, 9.17) is 9.97 Å². The third kappa shape index (κ3) is 3.65. The van der Waals surface area contributed by atoms with Crippen molar-refractivity contribution in [3.63, 3.8) is 0 Å². The second kappa shape index (κ2) is 9.83. The summed E-state index contributed by atoms with van der Waals surface area (Å²) in [6.07, 6.45) is 0. The van der Waals surface area contributed by atoms with Gasteiger partial charge in [-0.15, -0.1) is 35.7 Å². The normalized spacial score (nSPS) is 11.9. The first-order chi connectivity index (χ1) is 20.7. The summed E-state index contributed by atoms with van der Waals surface area (Å²) in [5.41, 5.74) is 14.1. The zero-order valence-electron chi connectivity index (χ0n) is 26.1. The summed E-state index contributed by atoms with van der Waals surface area (Å²) in [7, 11) is 0. The summed E-state index contributed by atoms with van der Waals surface area (Å²) in [6.45, 7) is 17.0. The molecule has 0 spiro atoms. The van der Waals surface area contributed by atoms with E-state index in [1.165, 1.54) is 28.2 Å². The number of aryl methyl sites for hydroxylation is 6. The van der Waals surface area contributed by atoms with Gasteiger partial charge in [-0.05, 0) is 66.8 Å². The van der Waals surface area contributed by atoms with Gasteiger partial charge >= 0.3 is 21.1 Å². The molecule has 0 saturated carbocycles. The van der Waals surface area contributed by atoms with Crippen molar-refractivity contribution in [3.8, 4) is 17.1 Å². The Morgan fingerprint density at radius 3 is 1.59 bits per heavy atom. The molecule has 0 bridgehead atoms. The summed E-state index contributed by atoms with van der Waals surface area (Å²) in [6, 6.07) is 26.9. The van der Waals surface area contributed by atoms with Crippen molar-refractivity contribution in [2.45, 2.75) is 55.4 Å². The fourth-order valence-electron chi connectivity index (χ4n) is 6.78. The number of rotatable bonds is 3. The molecule has 8 rings (SSSR count). The molecule has 0 amide bonds. The number of nitrogens with zero attached hydrogens (tertiary/aromatic N) is 7. The van der Waals surface area contributed by atoms with Crippen LogP contribution in [-0.2, 0) is 21.1 Å². The molecule has 0 radical (unpaired) electrons. The molecule has 8 heteroatoms. The quantitative estimate of drug-likeness (QED) is 0.173. The standard InChI is InChI=1S/C36H33N7.Pt/c1-20-22(3)39-24(5)26(7)41(35(39)37-20)28-12-11-13-29(18-28)43-33-15-10-9-14-31(33)32-17-16-30(19-34(32)43)42-27(8)25(6)40-23(4)21(2)38-36(40)42;/h9-17H,1-8H3;/q-2;+2. The first-order valence-electron chi connectivity index (χ1n) is 14.7. The maximum atomic E-state index is 4.94. The van der Waals surface area contributed by atoms with Crippen LogP contribution < -0.4 is 0 Å². The van der Waals surface area contributed by atoms with Crippen LogP contribution in [0.3, 0.4) is 0 Å². The second-order valence-electron chi connectivity index (χ2n) is 11.7. The molecule has 0 unspecified atom stereocenters. The van der Waals surface area contributed by atoms with Gasteiger partial charge in [0.25, 0.3) is 0 Å². The van der Waals surface area contributed by atoms with E-state index in [1.807, 2.05) is 0 Å². The third-order valence-electron chi connectivity index (χ3n) is 9.50. The number of para-hydroxylation sites is 1. The summed E-state index contributed by atoms with van der Waals surface area (Å²) >= 11 is 0. The molecule has 0 atom stereocenters. The van der Waals surface area contributed by atoms with E-state index in [-0.39, 0.29) is 21.1 Å². The smallest absolute Gasteiger partial charge is 0.358 e. The fourth-order valence-corrected chi connectivity index (χ4v) is 6.78. The Morgan fingerprint density at radius 1 is 0.477 bits per heavy atom. The maximum absolute atomic E-state index is 4.94. The Labute approximate surface area is 270 Å². The van der Waals surface area contributed by atoms with Gasteiger partial charge < -0.3 is 13.7 Å². The average Bonchev–Trinajstić information content (AvgIpc) is 3.72. The summed E-state index contributed by atoms with van der Waals surface area (Å²) in [5, 5.41) is 2.34. The van der Waals surface area contributed by atoms with Gasteiger partial charge in [0, 0.05) is 39.7 Å². The second-order valence-corrected chi connectivity index (χ2v) is 11.7. The minimum atomic E-state index is 0. The molecular formula is C36H33N7Pt. The number of aromatic nitrogens is 7. The number of fused-ring (bicyclic) bond motifs is 5. The van der Waals surface area contributed by atoms with Crippen LogP contribution in [0.15, 0.2) is 54.6 Å². The van der Waals surface area contributed by atoms with Gasteiger partial charge in [0.05, 0.1) is 11.4 Å². The Balaban J connectivity index is 0.00000312. The molecule has 0 saturated heterocycles. The largest absolute Gasteiger partial charge is 2.00 e. The molecule has 44 heavy (non-hydrogen) atoms. The molecule has 0 aliphatic heterocycles. The Bertz CT molecular complexity index is 2440. The molecule has 8 aromatic rings. The van der Waals surface area contributed by atoms with Crippen molar-refractivity contribution in [2.75, 3.05) is 0 Å². The maximum Gasteiger partial charge on any atom is 2.00 e. The van der Waals surface area contributed by atoms with Gasteiger partial charge in [-0.1, -0.05) is 40.8 Å². The summed E-state index contributed by atoms with van der Waals surface area (Å²) in [4.78, 5) is 9.88. The van der Waals surface area contributed by atoms with Crippen LogP contribution in [0, 0.1) is 67.5 Å². The Hall–Kier alpha value is -4.35. The Kier molecular flexibility index (Phi) is 6.35. The molecule has 0 fully saturated rings. The van der Waals surface area contributed by atoms with Crippen molar-refractivity contribution >= 4 is 33.4 Å². The Morgan fingerprint density at radius 2 is 1.00 bits per heavy atom. The van der Waals surface area contributed by atoms with E-state index < -0.39 is 0 Å². The monoisotopic (exact) mass is 758 g/mol. The van der Waals surface area contributed by atoms with Crippen molar-refractivity contribution < 1.29 is 21.1 Å². The number of hydrogen-bond acceptors (Lipinski definition) is 2. The van der Waals surface area contributed by atoms with Crippen molar-refractivity contribution in [1.82, 2.24) is 32.5 Å². The van der Waals surface area contributed by atoms with E-state index in [9.17, 15) is 0 Å². The predicted molar refractivity (Wildman–Crippen MR) is 173 cm³/mol. The van der Waals surface area contributed by atoms with Gasteiger partial charge in [0.2, 0.25) is 11.6 Å². The minimum Gasteiger partial charge on any atom is -0.358 e. The van der Waals surface area contributed by atoms with Crippen LogP contribution in [-0.4, -0.2) is 32.5 Å². The molecule has 5 aromatic heterocycles. The van der Waals surface area contributed by atoms with Gasteiger partial charge in [0.1, 0.15) is 0 Å². The number of hydrogen-bond donors (Lipinski definition) is 0. The summed E-state index contributed by atoms with van der Waals surface area (Å²) in [5.74, 6) is 1.84. The van der Waals surface area contributed by atoms with Crippen LogP contribution in [0.25, 0.3) is 50.4 Å². The first-order valence-corrected chi connectivity index (χ1v) is 14.7. The van der Waals surface area contributed by atoms with Gasteiger partial charge in [-0.25, -0.2) is 9.97 Å². The van der Waals surface area contributed by atoms with E-state index in [0.717, 1.165) is 67.8 Å². The van der Waals surface area contributed by atoms with Gasteiger partial charge in [-0.2, -0.15) is 12.1 Å². The topological polar surface area (TPSA) is 49.4 Å². The average molecular weight is 759 g/mol. The molecule has 3 aromatic carbocycles. The molecule has 222 valence electrons. The zero-order valence-corrected chi connectivity index (χ0v) is 28.4. The van der Waals surface area contributed by atoms with Crippen LogP contribution in [0.2, 0.25) is 0 Å². The van der Waals surface area contributed by atoms with Crippen molar-refractivity contribution in [2.24, 2.45) is 0 Å². The number of imidazole rings is 4. The van der Waals surface area contributed by atoms with E-state index in [0.29, 0.717) is 0 Å². The van der Waals surface area contributed by atoms with Crippen LogP contribution in [0.1, 0.15) is 45.6 Å². The van der Waals surface area contributed by atoms with Gasteiger partial charge in [0.15, 0.2) is 0 Å². The first kappa shape index (κ1) is 28.4. The van der Waals surface area contributed by atoms with Crippen molar-refractivity contribution in [3.05, 3.63) is 112 Å². The third-order valence-corrected chi connectivity index (χ3v) is 9.50. The molecule has 0 aliphatic carbocycles. The van der Waals surface area contributed by atoms with Crippen LogP contribution >= 0.6 is 0 Å². The molecule has 7 nitrogen and oxygen atoms in total. The summed E-state index contributed by atoms with van der Waals surface area (Å²) < 4.78 is 11.2. The fraction of sp³-hybridized carbons (Fsp3) is 0.222. The zero-order chi connectivity index (χ0) is 29.9. The van der Waals surface area contributed by atoms with E-state index in [1.54, 1.807) is 0 Å². The van der Waals surface area contributed by atoms with Gasteiger partial charge in [-0.3, -0.25) is 8.80 Å². The molecule has 0 N–H and O–H groups in total. The molecule has 5 heterocycles. The van der Waals surface area contributed by atoms with Crippen LogP contribution in [0.4, 0.5) is 0 Å². The van der Waals surface area contributed by atoms with Crippen molar-refractivity contribution in [1.29, 1.82) is 0 Å². The molecular weight excluding hydrogens is 726 g/mol. The van der Waals surface area contributed by atoms with Crippen LogP contribution in [0.5, 0.6) is 0 Å². The van der Waals surface area contributed by atoms with E-state index >= 15 is 0 Å².